The summed E-state index contributed by atoms with van der Waals surface area (Å²) in [5.41, 5.74) is 10.7. The zero-order valence-electron chi connectivity index (χ0n) is 12.9. The molecule has 0 unspecified atom stereocenters. The first-order chi connectivity index (χ1) is 10.9. The number of rotatable bonds is 6. The molecular formula is C15H23ClN4O2S. The first-order valence-corrected chi connectivity index (χ1v) is 9.54. The van der Waals surface area contributed by atoms with E-state index >= 15 is 0 Å². The average Bonchev–Trinajstić information content (AvgIpc) is 2.52. The molecule has 1 aliphatic rings. The fourth-order valence-corrected chi connectivity index (χ4v) is 4.45. The van der Waals surface area contributed by atoms with Gasteiger partial charge in [-0.25, -0.2) is 13.1 Å². The van der Waals surface area contributed by atoms with Gasteiger partial charge in [-0.15, -0.1) is 0 Å². The van der Waals surface area contributed by atoms with E-state index in [1.54, 1.807) is 18.2 Å². The number of sulfonamides is 1. The summed E-state index contributed by atoms with van der Waals surface area (Å²) in [6.45, 7) is 1.09. The maximum Gasteiger partial charge on any atom is 0.242 e. The summed E-state index contributed by atoms with van der Waals surface area (Å²) in [4.78, 5) is 4.18. The van der Waals surface area contributed by atoms with Crippen molar-refractivity contribution in [3.63, 3.8) is 0 Å². The van der Waals surface area contributed by atoms with Crippen LogP contribution in [0.25, 0.3) is 0 Å². The number of guanidine groups is 1. The molecule has 1 saturated carbocycles. The smallest absolute Gasteiger partial charge is 0.242 e. The van der Waals surface area contributed by atoms with Crippen molar-refractivity contribution >= 4 is 27.6 Å². The second kappa shape index (κ2) is 7.99. The van der Waals surface area contributed by atoms with Crippen LogP contribution >= 0.6 is 11.6 Å². The lowest BCUT2D eigenvalue weighted by atomic mass is 9.82. The van der Waals surface area contributed by atoms with Crippen molar-refractivity contribution in [3.05, 3.63) is 29.3 Å². The minimum absolute atomic E-state index is 0.125. The topological polar surface area (TPSA) is 111 Å². The minimum Gasteiger partial charge on any atom is -0.370 e. The molecule has 0 bridgehead atoms. The summed E-state index contributed by atoms with van der Waals surface area (Å²) in [7, 11) is -3.56. The van der Waals surface area contributed by atoms with Crippen molar-refractivity contribution in [1.82, 2.24) is 4.72 Å². The molecule has 1 aromatic carbocycles. The maximum absolute atomic E-state index is 12.3. The molecule has 0 saturated heterocycles. The maximum atomic E-state index is 12.3. The molecule has 1 aliphatic carbocycles. The Kier molecular flexibility index (Phi) is 6.26. The molecule has 6 nitrogen and oxygen atoms in total. The molecule has 0 spiro atoms. The molecule has 0 amide bonds. The fourth-order valence-electron chi connectivity index (χ4n) is 2.82. The molecule has 128 valence electrons. The van der Waals surface area contributed by atoms with Crippen molar-refractivity contribution < 1.29 is 8.42 Å². The Morgan fingerprint density at radius 2 is 1.78 bits per heavy atom. The van der Waals surface area contributed by atoms with Crippen LogP contribution in [-0.2, 0) is 10.0 Å². The van der Waals surface area contributed by atoms with E-state index in [4.69, 9.17) is 23.1 Å². The van der Waals surface area contributed by atoms with Crippen molar-refractivity contribution in [1.29, 1.82) is 0 Å². The predicted octanol–water partition coefficient (Wildman–Crippen LogP) is 1.70. The average molecular weight is 359 g/mol. The molecule has 23 heavy (non-hydrogen) atoms. The first kappa shape index (κ1) is 18.0. The van der Waals surface area contributed by atoms with Crippen LogP contribution in [0.2, 0.25) is 5.02 Å². The zero-order valence-corrected chi connectivity index (χ0v) is 14.5. The van der Waals surface area contributed by atoms with Gasteiger partial charge in [0.05, 0.1) is 5.02 Å². The molecule has 1 fully saturated rings. The third kappa shape index (κ3) is 5.37. The number of benzene rings is 1. The summed E-state index contributed by atoms with van der Waals surface area (Å²) < 4.78 is 27.3. The number of hydrogen-bond acceptors (Lipinski definition) is 3. The van der Waals surface area contributed by atoms with Gasteiger partial charge in [-0.3, -0.25) is 4.99 Å². The van der Waals surface area contributed by atoms with Gasteiger partial charge in [0.25, 0.3) is 0 Å². The highest BCUT2D eigenvalue weighted by atomic mass is 35.5. The van der Waals surface area contributed by atoms with E-state index in [0.717, 1.165) is 25.7 Å². The lowest BCUT2D eigenvalue weighted by Gasteiger charge is -2.27. The normalized spacial score (nSPS) is 21.8. The molecule has 5 N–H and O–H groups in total. The highest BCUT2D eigenvalue weighted by Crippen LogP contribution is 2.29. The van der Waals surface area contributed by atoms with Crippen LogP contribution in [-0.4, -0.2) is 27.5 Å². The van der Waals surface area contributed by atoms with E-state index in [9.17, 15) is 8.42 Å². The fraction of sp³-hybridized carbons (Fsp3) is 0.533. The van der Waals surface area contributed by atoms with Gasteiger partial charge in [0, 0.05) is 13.1 Å². The second-order valence-electron chi connectivity index (χ2n) is 5.93. The predicted molar refractivity (Wildman–Crippen MR) is 92.8 cm³/mol. The number of nitrogens with two attached hydrogens (primary N) is 2. The Morgan fingerprint density at radius 3 is 2.39 bits per heavy atom. The molecule has 2 rings (SSSR count). The van der Waals surface area contributed by atoms with Crippen LogP contribution in [0.1, 0.15) is 25.7 Å². The molecule has 8 heteroatoms. The molecule has 0 aliphatic heterocycles. The number of hydrogen-bond donors (Lipinski definition) is 3. The van der Waals surface area contributed by atoms with Gasteiger partial charge in [-0.1, -0.05) is 23.7 Å². The summed E-state index contributed by atoms with van der Waals surface area (Å²) in [5.74, 6) is 0.941. The Morgan fingerprint density at radius 1 is 1.17 bits per heavy atom. The monoisotopic (exact) mass is 358 g/mol. The van der Waals surface area contributed by atoms with Crippen molar-refractivity contribution in [3.8, 4) is 0 Å². The zero-order chi connectivity index (χ0) is 16.9. The van der Waals surface area contributed by atoms with Crippen LogP contribution in [0, 0.1) is 11.8 Å². The minimum atomic E-state index is -3.56. The van der Waals surface area contributed by atoms with E-state index < -0.39 is 10.0 Å². The molecule has 1 aromatic rings. The van der Waals surface area contributed by atoms with Crippen molar-refractivity contribution in [2.24, 2.45) is 28.3 Å². The van der Waals surface area contributed by atoms with Crippen molar-refractivity contribution in [2.45, 2.75) is 30.6 Å². The van der Waals surface area contributed by atoms with Crippen LogP contribution < -0.4 is 16.2 Å². The molecule has 0 radical (unpaired) electrons. The SMILES string of the molecule is NC(N)=NCC1CCC(CNS(=O)(=O)c2ccccc2Cl)CC1. The van der Waals surface area contributed by atoms with E-state index in [0.29, 0.717) is 24.9 Å². The molecule has 0 aromatic heterocycles. The van der Waals surface area contributed by atoms with Crippen molar-refractivity contribution in [2.75, 3.05) is 13.1 Å². The van der Waals surface area contributed by atoms with Gasteiger partial charge in [0.15, 0.2) is 5.96 Å². The summed E-state index contributed by atoms with van der Waals surface area (Å²) in [6.07, 6.45) is 3.95. The summed E-state index contributed by atoms with van der Waals surface area (Å²) in [6, 6.07) is 6.45. The highest BCUT2D eigenvalue weighted by molar-refractivity contribution is 7.89. The van der Waals surface area contributed by atoms with Crippen LogP contribution in [0.3, 0.4) is 0 Å². The molecule has 0 heterocycles. The number of halogens is 1. The Hall–Kier alpha value is -1.31. The van der Waals surface area contributed by atoms with Crippen LogP contribution in [0.5, 0.6) is 0 Å². The second-order valence-corrected chi connectivity index (χ2v) is 8.08. The van der Waals surface area contributed by atoms with Gasteiger partial charge in [0.2, 0.25) is 10.0 Å². The lowest BCUT2D eigenvalue weighted by Crippen LogP contribution is -2.32. The van der Waals surface area contributed by atoms with E-state index in [1.165, 1.54) is 6.07 Å². The Balaban J connectivity index is 1.83. The number of nitrogens with zero attached hydrogens (tertiary/aromatic N) is 1. The third-order valence-corrected chi connectivity index (χ3v) is 6.11. The summed E-state index contributed by atoms with van der Waals surface area (Å²) >= 11 is 5.96. The Labute approximate surface area is 142 Å². The van der Waals surface area contributed by atoms with Gasteiger partial charge >= 0.3 is 0 Å². The Bertz CT molecular complexity index is 651. The van der Waals surface area contributed by atoms with Gasteiger partial charge in [0.1, 0.15) is 4.90 Å². The first-order valence-electron chi connectivity index (χ1n) is 7.68. The largest absolute Gasteiger partial charge is 0.370 e. The highest BCUT2D eigenvalue weighted by Gasteiger charge is 2.24. The van der Waals surface area contributed by atoms with E-state index in [2.05, 4.69) is 9.71 Å². The van der Waals surface area contributed by atoms with Gasteiger partial charge in [-0.05, 0) is 49.7 Å². The third-order valence-electron chi connectivity index (χ3n) is 4.19. The lowest BCUT2D eigenvalue weighted by molar-refractivity contribution is 0.280. The van der Waals surface area contributed by atoms with Gasteiger partial charge < -0.3 is 11.5 Å². The summed E-state index contributed by atoms with van der Waals surface area (Å²) in [5, 5.41) is 0.237. The van der Waals surface area contributed by atoms with E-state index in [-0.39, 0.29) is 15.9 Å². The van der Waals surface area contributed by atoms with E-state index in [1.807, 2.05) is 0 Å². The standard InChI is InChI=1S/C15H23ClN4O2S/c16-13-3-1-2-4-14(13)23(21,22)20-10-12-7-5-11(6-8-12)9-19-15(17)18/h1-4,11-12,20H,5-10H2,(H4,17,18,19). The molecule has 0 atom stereocenters. The molecular weight excluding hydrogens is 336 g/mol. The van der Waals surface area contributed by atoms with Crippen LogP contribution in [0.4, 0.5) is 0 Å². The number of aliphatic imine (C=N–C) groups is 1. The quantitative estimate of drug-likeness (QED) is 0.530. The number of nitrogens with one attached hydrogen (secondary N) is 1. The van der Waals surface area contributed by atoms with Gasteiger partial charge in [-0.2, -0.15) is 0 Å². The van der Waals surface area contributed by atoms with Crippen LogP contribution in [0.15, 0.2) is 34.2 Å².